The van der Waals surface area contributed by atoms with Crippen LogP contribution in [-0.2, 0) is 11.2 Å². The first kappa shape index (κ1) is 12.7. The highest BCUT2D eigenvalue weighted by molar-refractivity contribution is 7.15. The minimum Gasteiger partial charge on any atom is -0.461 e. The fourth-order valence-electron chi connectivity index (χ4n) is 1.51. The second-order valence-electron chi connectivity index (χ2n) is 3.57. The summed E-state index contributed by atoms with van der Waals surface area (Å²) < 4.78 is 6.73. The molecular weight excluding hydrogens is 252 g/mol. The summed E-state index contributed by atoms with van der Waals surface area (Å²) in [5.41, 5.74) is 0. The lowest BCUT2D eigenvalue weighted by atomic mass is 10.3. The zero-order valence-electron chi connectivity index (χ0n) is 10.3. The number of aromatic nitrogens is 4. The maximum Gasteiger partial charge on any atom is 0.369 e. The summed E-state index contributed by atoms with van der Waals surface area (Å²) in [4.78, 5) is 15.8. The highest BCUT2D eigenvalue weighted by Crippen LogP contribution is 2.17. The Morgan fingerprint density at radius 1 is 1.44 bits per heavy atom. The third kappa shape index (κ3) is 2.56. The SMILES string of the molecule is CCCc1nccn1-c1nnc(C(=O)OCC)s1. The number of esters is 1. The van der Waals surface area contributed by atoms with Crippen LogP contribution in [0.15, 0.2) is 12.4 Å². The van der Waals surface area contributed by atoms with E-state index in [0.29, 0.717) is 11.7 Å². The molecule has 7 heteroatoms. The van der Waals surface area contributed by atoms with Gasteiger partial charge in [-0.3, -0.25) is 4.57 Å². The van der Waals surface area contributed by atoms with Crippen LogP contribution in [0.5, 0.6) is 0 Å². The van der Waals surface area contributed by atoms with E-state index in [-0.39, 0.29) is 5.01 Å². The molecule has 0 atom stereocenters. The molecular formula is C11H14N4O2S. The van der Waals surface area contributed by atoms with E-state index in [2.05, 4.69) is 22.1 Å². The number of nitrogens with zero attached hydrogens (tertiary/aromatic N) is 4. The molecule has 2 rings (SSSR count). The van der Waals surface area contributed by atoms with Crippen molar-refractivity contribution < 1.29 is 9.53 Å². The molecule has 0 fully saturated rings. The molecule has 2 heterocycles. The van der Waals surface area contributed by atoms with Crippen LogP contribution >= 0.6 is 11.3 Å². The molecule has 0 N–H and O–H groups in total. The van der Waals surface area contributed by atoms with Gasteiger partial charge < -0.3 is 4.74 Å². The summed E-state index contributed by atoms with van der Waals surface area (Å²) in [6.07, 6.45) is 5.40. The van der Waals surface area contributed by atoms with Crippen LogP contribution in [0.2, 0.25) is 0 Å². The van der Waals surface area contributed by atoms with Gasteiger partial charge in [0.05, 0.1) is 6.61 Å². The average Bonchev–Trinajstić information content (AvgIpc) is 2.97. The van der Waals surface area contributed by atoms with Crippen molar-refractivity contribution in [2.24, 2.45) is 0 Å². The number of hydrogen-bond donors (Lipinski definition) is 0. The molecule has 0 radical (unpaired) electrons. The van der Waals surface area contributed by atoms with Crippen LogP contribution in [0.25, 0.3) is 5.13 Å². The Morgan fingerprint density at radius 3 is 3.00 bits per heavy atom. The van der Waals surface area contributed by atoms with Crippen LogP contribution in [-0.4, -0.2) is 32.3 Å². The Bertz CT molecular complexity index is 535. The molecule has 96 valence electrons. The fraction of sp³-hybridized carbons (Fsp3) is 0.455. The largest absolute Gasteiger partial charge is 0.461 e. The smallest absolute Gasteiger partial charge is 0.369 e. The molecule has 2 aromatic heterocycles. The van der Waals surface area contributed by atoms with Crippen molar-refractivity contribution in [1.29, 1.82) is 0 Å². The van der Waals surface area contributed by atoms with Crippen LogP contribution in [0.1, 0.15) is 35.9 Å². The number of carbonyl (C=O) groups is 1. The van der Waals surface area contributed by atoms with Crippen molar-refractivity contribution in [3.05, 3.63) is 23.2 Å². The van der Waals surface area contributed by atoms with Crippen molar-refractivity contribution in [2.45, 2.75) is 26.7 Å². The Morgan fingerprint density at radius 2 is 2.28 bits per heavy atom. The van der Waals surface area contributed by atoms with Gasteiger partial charge in [-0.1, -0.05) is 18.3 Å². The van der Waals surface area contributed by atoms with E-state index in [0.717, 1.165) is 18.7 Å². The quantitative estimate of drug-likeness (QED) is 0.772. The van der Waals surface area contributed by atoms with Crippen LogP contribution in [0.3, 0.4) is 0 Å². The first-order valence-electron chi connectivity index (χ1n) is 5.79. The standard InChI is InChI=1S/C11H14N4O2S/c1-3-5-8-12-6-7-15(8)11-14-13-9(18-11)10(16)17-4-2/h6-7H,3-5H2,1-2H3. The van der Waals surface area contributed by atoms with Gasteiger partial charge >= 0.3 is 5.97 Å². The van der Waals surface area contributed by atoms with Crippen LogP contribution in [0, 0.1) is 0 Å². The summed E-state index contributed by atoms with van der Waals surface area (Å²) >= 11 is 1.20. The lowest BCUT2D eigenvalue weighted by Gasteiger charge is -2.00. The summed E-state index contributed by atoms with van der Waals surface area (Å²) in [6.45, 7) is 4.18. The van der Waals surface area contributed by atoms with Gasteiger partial charge in [-0.2, -0.15) is 0 Å². The predicted molar refractivity (Wildman–Crippen MR) is 67.0 cm³/mol. The van der Waals surface area contributed by atoms with Gasteiger partial charge in [-0.05, 0) is 13.3 Å². The second-order valence-corrected chi connectivity index (χ2v) is 4.53. The van der Waals surface area contributed by atoms with E-state index in [1.54, 1.807) is 13.1 Å². The molecule has 0 aliphatic carbocycles. The van der Waals surface area contributed by atoms with Crippen molar-refractivity contribution in [3.63, 3.8) is 0 Å². The highest BCUT2D eigenvalue weighted by atomic mass is 32.1. The number of rotatable bonds is 5. The van der Waals surface area contributed by atoms with Gasteiger partial charge in [0, 0.05) is 18.8 Å². The topological polar surface area (TPSA) is 69.9 Å². The number of aryl methyl sites for hydroxylation is 1. The Hall–Kier alpha value is -1.76. The lowest BCUT2D eigenvalue weighted by Crippen LogP contribution is -2.03. The van der Waals surface area contributed by atoms with E-state index < -0.39 is 5.97 Å². The van der Waals surface area contributed by atoms with Gasteiger partial charge in [-0.15, -0.1) is 10.2 Å². The molecule has 0 amide bonds. The number of hydrogen-bond acceptors (Lipinski definition) is 6. The second kappa shape index (κ2) is 5.72. The van der Waals surface area contributed by atoms with E-state index in [4.69, 9.17) is 4.74 Å². The fourth-order valence-corrected chi connectivity index (χ4v) is 2.25. The molecule has 6 nitrogen and oxygen atoms in total. The van der Waals surface area contributed by atoms with Crippen molar-refractivity contribution in [3.8, 4) is 5.13 Å². The van der Waals surface area contributed by atoms with E-state index in [1.807, 2.05) is 10.8 Å². The monoisotopic (exact) mass is 266 g/mol. The van der Waals surface area contributed by atoms with Gasteiger partial charge in [0.25, 0.3) is 0 Å². The Balaban J connectivity index is 2.23. The first-order valence-corrected chi connectivity index (χ1v) is 6.61. The van der Waals surface area contributed by atoms with Gasteiger partial charge in [0.2, 0.25) is 10.1 Å². The summed E-state index contributed by atoms with van der Waals surface area (Å²) in [5.74, 6) is 0.488. The lowest BCUT2D eigenvalue weighted by molar-refractivity contribution is 0.0525. The summed E-state index contributed by atoms with van der Waals surface area (Å²) in [7, 11) is 0. The zero-order chi connectivity index (χ0) is 13.0. The van der Waals surface area contributed by atoms with Gasteiger partial charge in [0.15, 0.2) is 0 Å². The minimum atomic E-state index is -0.432. The van der Waals surface area contributed by atoms with Crippen molar-refractivity contribution >= 4 is 17.3 Å². The van der Waals surface area contributed by atoms with Crippen molar-refractivity contribution in [1.82, 2.24) is 19.7 Å². The molecule has 0 aliphatic rings. The Labute approximate surface area is 109 Å². The molecule has 0 saturated heterocycles. The number of ether oxygens (including phenoxy) is 1. The molecule has 0 bridgehead atoms. The molecule has 2 aromatic rings. The predicted octanol–water partition coefficient (Wildman–Crippen LogP) is 1.85. The van der Waals surface area contributed by atoms with E-state index in [1.165, 1.54) is 11.3 Å². The number of imidazole rings is 1. The molecule has 0 aromatic carbocycles. The maximum absolute atomic E-state index is 11.5. The highest BCUT2D eigenvalue weighted by Gasteiger charge is 2.16. The molecule has 0 unspecified atom stereocenters. The van der Waals surface area contributed by atoms with Crippen LogP contribution in [0.4, 0.5) is 0 Å². The minimum absolute atomic E-state index is 0.267. The third-order valence-corrected chi connectivity index (χ3v) is 3.16. The molecule has 0 saturated carbocycles. The van der Waals surface area contributed by atoms with Crippen molar-refractivity contribution in [2.75, 3.05) is 6.61 Å². The first-order chi connectivity index (χ1) is 8.76. The Kier molecular flexibility index (Phi) is 4.03. The average molecular weight is 266 g/mol. The third-order valence-electron chi connectivity index (χ3n) is 2.26. The number of carbonyl (C=O) groups excluding carboxylic acids is 1. The normalized spacial score (nSPS) is 10.6. The van der Waals surface area contributed by atoms with Gasteiger partial charge in [0.1, 0.15) is 5.82 Å². The maximum atomic E-state index is 11.5. The molecule has 0 aliphatic heterocycles. The van der Waals surface area contributed by atoms with E-state index in [9.17, 15) is 4.79 Å². The van der Waals surface area contributed by atoms with Gasteiger partial charge in [-0.25, -0.2) is 9.78 Å². The molecule has 18 heavy (non-hydrogen) atoms. The summed E-state index contributed by atoms with van der Waals surface area (Å²) in [6, 6.07) is 0. The molecule has 0 spiro atoms. The van der Waals surface area contributed by atoms with Crippen LogP contribution < -0.4 is 0 Å². The summed E-state index contributed by atoms with van der Waals surface area (Å²) in [5, 5.41) is 8.74. The van der Waals surface area contributed by atoms with E-state index >= 15 is 0 Å². The zero-order valence-corrected chi connectivity index (χ0v) is 11.1.